The van der Waals surface area contributed by atoms with Crippen molar-refractivity contribution in [1.29, 1.82) is 0 Å². The van der Waals surface area contributed by atoms with Gasteiger partial charge in [0.05, 0.1) is 26.2 Å². The lowest BCUT2D eigenvalue weighted by Crippen LogP contribution is -2.35. The molecule has 1 amide bonds. The number of nitrogens with one attached hydrogen (secondary N) is 1. The Kier molecular flexibility index (Phi) is 5.87. The van der Waals surface area contributed by atoms with Crippen LogP contribution in [-0.2, 0) is 10.0 Å². The molecule has 1 aliphatic heterocycles. The van der Waals surface area contributed by atoms with Crippen LogP contribution < -0.4 is 5.32 Å². The van der Waals surface area contributed by atoms with E-state index in [1.54, 1.807) is 24.3 Å². The highest BCUT2D eigenvalue weighted by molar-refractivity contribution is 7.89. The smallest absolute Gasteiger partial charge is 0.257 e. The van der Waals surface area contributed by atoms with Gasteiger partial charge in [0, 0.05) is 13.1 Å². The fourth-order valence-corrected chi connectivity index (χ4v) is 4.78. The van der Waals surface area contributed by atoms with Gasteiger partial charge in [-0.3, -0.25) is 4.79 Å². The van der Waals surface area contributed by atoms with E-state index in [2.05, 4.69) is 5.32 Å². The number of carbonyl (C=O) groups is 1. The summed E-state index contributed by atoms with van der Waals surface area (Å²) in [5, 5.41) is 3.22. The summed E-state index contributed by atoms with van der Waals surface area (Å²) in [6.07, 6.45) is 2.71. The summed E-state index contributed by atoms with van der Waals surface area (Å²) in [7, 11) is -3.65. The molecule has 3 rings (SSSR count). The van der Waals surface area contributed by atoms with Crippen LogP contribution in [0, 0.1) is 0 Å². The van der Waals surface area contributed by atoms with Crippen molar-refractivity contribution >= 4 is 44.8 Å². The summed E-state index contributed by atoms with van der Waals surface area (Å²) in [4.78, 5) is 12.6. The second-order valence-electron chi connectivity index (χ2n) is 6.04. The zero-order chi connectivity index (χ0) is 18.7. The predicted octanol–water partition coefficient (Wildman–Crippen LogP) is 4.42. The maximum absolute atomic E-state index is 12.8. The minimum absolute atomic E-state index is 0.0631. The number of rotatable bonds is 4. The van der Waals surface area contributed by atoms with Gasteiger partial charge in [-0.05, 0) is 43.2 Å². The van der Waals surface area contributed by atoms with E-state index in [4.69, 9.17) is 23.2 Å². The summed E-state index contributed by atoms with van der Waals surface area (Å²) in [6, 6.07) is 11.0. The molecule has 2 aromatic carbocycles. The molecule has 0 radical (unpaired) electrons. The van der Waals surface area contributed by atoms with Crippen molar-refractivity contribution < 1.29 is 13.2 Å². The molecule has 1 aliphatic rings. The van der Waals surface area contributed by atoms with Crippen LogP contribution in [0.4, 0.5) is 5.69 Å². The van der Waals surface area contributed by atoms with E-state index >= 15 is 0 Å². The fraction of sp³-hybridized carbons (Fsp3) is 0.278. The van der Waals surface area contributed by atoms with Crippen LogP contribution in [0.2, 0.25) is 10.0 Å². The molecule has 1 N–H and O–H groups in total. The van der Waals surface area contributed by atoms with Crippen molar-refractivity contribution in [2.24, 2.45) is 0 Å². The molecule has 0 aliphatic carbocycles. The van der Waals surface area contributed by atoms with Crippen molar-refractivity contribution in [3.63, 3.8) is 0 Å². The lowest BCUT2D eigenvalue weighted by Gasteiger charge is -2.26. The Morgan fingerprint density at radius 2 is 1.65 bits per heavy atom. The van der Waals surface area contributed by atoms with Crippen LogP contribution in [0.15, 0.2) is 47.4 Å². The maximum atomic E-state index is 12.8. The summed E-state index contributed by atoms with van der Waals surface area (Å²) in [6.45, 7) is 0.984. The largest absolute Gasteiger partial charge is 0.321 e. The number of hydrogen-bond donors (Lipinski definition) is 1. The van der Waals surface area contributed by atoms with E-state index in [0.29, 0.717) is 23.8 Å². The number of benzene rings is 2. The van der Waals surface area contributed by atoms with Crippen LogP contribution in [-0.4, -0.2) is 31.7 Å². The zero-order valence-corrected chi connectivity index (χ0v) is 16.2. The number of amides is 1. The maximum Gasteiger partial charge on any atom is 0.257 e. The number of halogens is 2. The van der Waals surface area contributed by atoms with E-state index in [9.17, 15) is 13.2 Å². The minimum Gasteiger partial charge on any atom is -0.321 e. The SMILES string of the molecule is O=C(Nc1ccccc1Cl)c1cc(S(=O)(=O)N2CCCCC2)ccc1Cl. The Labute approximate surface area is 163 Å². The van der Waals surface area contributed by atoms with Gasteiger partial charge in [-0.15, -0.1) is 0 Å². The molecule has 1 fully saturated rings. The van der Waals surface area contributed by atoms with Crippen molar-refractivity contribution in [3.8, 4) is 0 Å². The van der Waals surface area contributed by atoms with Crippen LogP contribution in [0.1, 0.15) is 29.6 Å². The Balaban J connectivity index is 1.90. The first kappa shape index (κ1) is 19.2. The average Bonchev–Trinajstić information content (AvgIpc) is 2.64. The molecule has 0 unspecified atom stereocenters. The first-order chi connectivity index (χ1) is 12.4. The van der Waals surface area contributed by atoms with Crippen molar-refractivity contribution in [2.75, 3.05) is 18.4 Å². The topological polar surface area (TPSA) is 66.5 Å². The predicted molar refractivity (Wildman–Crippen MR) is 103 cm³/mol. The molecule has 8 heteroatoms. The Morgan fingerprint density at radius 3 is 2.35 bits per heavy atom. The van der Waals surface area contributed by atoms with Gasteiger partial charge in [-0.25, -0.2) is 8.42 Å². The molecular formula is C18H18Cl2N2O3S. The Morgan fingerprint density at radius 1 is 0.962 bits per heavy atom. The number of carbonyl (C=O) groups excluding carboxylic acids is 1. The van der Waals surface area contributed by atoms with E-state index in [0.717, 1.165) is 19.3 Å². The van der Waals surface area contributed by atoms with Gasteiger partial charge in [-0.2, -0.15) is 4.31 Å². The van der Waals surface area contributed by atoms with Gasteiger partial charge in [0.1, 0.15) is 0 Å². The molecule has 0 bridgehead atoms. The average molecular weight is 413 g/mol. The molecule has 1 heterocycles. The lowest BCUT2D eigenvalue weighted by molar-refractivity contribution is 0.102. The van der Waals surface area contributed by atoms with Gasteiger partial charge < -0.3 is 5.32 Å². The van der Waals surface area contributed by atoms with Gasteiger partial charge in [-0.1, -0.05) is 41.8 Å². The second kappa shape index (κ2) is 7.96. The number of anilines is 1. The number of hydrogen-bond acceptors (Lipinski definition) is 3. The lowest BCUT2D eigenvalue weighted by atomic mass is 10.2. The molecule has 138 valence electrons. The third-order valence-electron chi connectivity index (χ3n) is 4.26. The quantitative estimate of drug-likeness (QED) is 0.807. The molecule has 1 saturated heterocycles. The van der Waals surface area contributed by atoms with Crippen LogP contribution in [0.3, 0.4) is 0 Å². The van der Waals surface area contributed by atoms with E-state index in [-0.39, 0.29) is 15.5 Å². The van der Waals surface area contributed by atoms with Gasteiger partial charge in [0.2, 0.25) is 10.0 Å². The highest BCUT2D eigenvalue weighted by Crippen LogP contribution is 2.27. The fourth-order valence-electron chi connectivity index (χ4n) is 2.85. The van der Waals surface area contributed by atoms with Gasteiger partial charge in [0.15, 0.2) is 0 Å². The summed E-state index contributed by atoms with van der Waals surface area (Å²) in [5.74, 6) is -0.515. The molecular weight excluding hydrogens is 395 g/mol. The van der Waals surface area contributed by atoms with E-state index < -0.39 is 15.9 Å². The Bertz CT molecular complexity index is 926. The summed E-state index contributed by atoms with van der Waals surface area (Å²) >= 11 is 12.2. The van der Waals surface area contributed by atoms with Crippen molar-refractivity contribution in [2.45, 2.75) is 24.2 Å². The first-order valence-electron chi connectivity index (χ1n) is 8.25. The minimum atomic E-state index is -3.65. The standard InChI is InChI=1S/C18H18Cl2N2O3S/c19-15-9-8-13(26(24,25)22-10-4-1-5-11-22)12-14(15)18(23)21-17-7-3-2-6-16(17)20/h2-3,6-9,12H,1,4-5,10-11H2,(H,21,23). The highest BCUT2D eigenvalue weighted by Gasteiger charge is 2.27. The van der Waals surface area contributed by atoms with Crippen LogP contribution in [0.25, 0.3) is 0 Å². The third kappa shape index (κ3) is 4.04. The zero-order valence-electron chi connectivity index (χ0n) is 13.9. The summed E-state index contributed by atoms with van der Waals surface area (Å²) in [5.41, 5.74) is 0.518. The van der Waals surface area contributed by atoms with Crippen LogP contribution in [0.5, 0.6) is 0 Å². The second-order valence-corrected chi connectivity index (χ2v) is 8.79. The van der Waals surface area contributed by atoms with Crippen molar-refractivity contribution in [3.05, 3.63) is 58.1 Å². The number of para-hydroxylation sites is 1. The molecule has 0 atom stereocenters. The Hall–Kier alpha value is -1.60. The molecule has 0 saturated carbocycles. The van der Waals surface area contributed by atoms with Gasteiger partial charge in [0.25, 0.3) is 5.91 Å². The molecule has 0 aromatic heterocycles. The first-order valence-corrected chi connectivity index (χ1v) is 10.4. The van der Waals surface area contributed by atoms with E-state index in [1.807, 2.05) is 0 Å². The van der Waals surface area contributed by atoms with Gasteiger partial charge >= 0.3 is 0 Å². The molecule has 0 spiro atoms. The number of nitrogens with zero attached hydrogens (tertiary/aromatic N) is 1. The highest BCUT2D eigenvalue weighted by atomic mass is 35.5. The third-order valence-corrected chi connectivity index (χ3v) is 6.81. The summed E-state index contributed by atoms with van der Waals surface area (Å²) < 4.78 is 27.1. The van der Waals surface area contributed by atoms with E-state index in [1.165, 1.54) is 22.5 Å². The molecule has 2 aromatic rings. The molecule has 5 nitrogen and oxygen atoms in total. The monoisotopic (exact) mass is 412 g/mol. The number of sulfonamides is 1. The van der Waals surface area contributed by atoms with Crippen LogP contribution >= 0.6 is 23.2 Å². The molecule has 26 heavy (non-hydrogen) atoms. The normalized spacial score (nSPS) is 15.6. The number of piperidine rings is 1. The van der Waals surface area contributed by atoms with Crippen molar-refractivity contribution in [1.82, 2.24) is 4.31 Å².